The number of urea groups is 1. The van der Waals surface area contributed by atoms with E-state index in [0.717, 1.165) is 4.90 Å². The molecule has 4 amide bonds. The molecule has 32 heavy (non-hydrogen) atoms. The van der Waals surface area contributed by atoms with Crippen LogP contribution in [0.15, 0.2) is 0 Å². The van der Waals surface area contributed by atoms with Gasteiger partial charge in [-0.1, -0.05) is 0 Å². The van der Waals surface area contributed by atoms with Crippen LogP contribution < -0.4 is 14.9 Å². The number of rotatable bonds is 9. The fraction of sp³-hybridized carbons (Fsp3) is 0.786. The van der Waals surface area contributed by atoms with E-state index in [2.05, 4.69) is 9.76 Å². The summed E-state index contributed by atoms with van der Waals surface area (Å²) in [5.74, 6) is -0.722. The van der Waals surface area contributed by atoms with E-state index in [1.54, 1.807) is 25.5 Å². The summed E-state index contributed by atoms with van der Waals surface area (Å²) in [5, 5.41) is 0.496. The van der Waals surface area contributed by atoms with Crippen molar-refractivity contribution in [3.05, 3.63) is 0 Å². The molecule has 0 aromatic heterocycles. The van der Waals surface area contributed by atoms with Gasteiger partial charge in [-0.3, -0.25) is 14.2 Å². The Bertz CT molecular complexity index is 947. The fourth-order valence-electron chi connectivity index (χ4n) is 2.97. The quantitative estimate of drug-likeness (QED) is 0.160. The highest BCUT2D eigenvalue weighted by Crippen LogP contribution is 2.30. The van der Waals surface area contributed by atoms with Crippen LogP contribution in [0.3, 0.4) is 0 Å². The highest BCUT2D eigenvalue weighted by molar-refractivity contribution is 7.88. The normalized spacial score (nSPS) is 21.4. The van der Waals surface area contributed by atoms with Crippen LogP contribution >= 0.6 is 0 Å². The van der Waals surface area contributed by atoms with Crippen LogP contribution in [0.5, 0.6) is 0 Å². The highest BCUT2D eigenvalue weighted by Gasteiger charge is 2.49. The minimum Gasteiger partial charge on any atom is -0.443 e. The number of ether oxygens (including phenoxy) is 1. The topological polar surface area (TPSA) is 210 Å². The highest BCUT2D eigenvalue weighted by atomic mass is 32.3. The maximum absolute atomic E-state index is 12.3. The number of carbonyl (C=O) groups excluding carboxylic acids is 3. The molecular formula is C14H25N5O11S2. The van der Waals surface area contributed by atoms with E-state index in [-0.39, 0.29) is 32.5 Å². The molecule has 0 radical (unpaired) electrons. The van der Waals surface area contributed by atoms with Crippen LogP contribution in [0.4, 0.5) is 9.59 Å². The lowest BCUT2D eigenvalue weighted by Crippen LogP contribution is -2.50. The zero-order chi connectivity index (χ0) is 24.3. The number of piperidine rings is 1. The molecule has 184 valence electrons. The van der Waals surface area contributed by atoms with Crippen LogP contribution in [-0.2, 0) is 39.3 Å². The van der Waals surface area contributed by atoms with Gasteiger partial charge in [0.25, 0.3) is 5.91 Å². The van der Waals surface area contributed by atoms with Crippen LogP contribution in [-0.4, -0.2) is 86.8 Å². The van der Waals surface area contributed by atoms with Crippen molar-refractivity contribution < 1.29 is 49.6 Å². The van der Waals surface area contributed by atoms with Crippen molar-refractivity contribution in [1.82, 2.24) is 24.9 Å². The summed E-state index contributed by atoms with van der Waals surface area (Å²) in [4.78, 5) is 42.0. The van der Waals surface area contributed by atoms with Crippen molar-refractivity contribution in [2.24, 2.45) is 0 Å². The van der Waals surface area contributed by atoms with Crippen molar-refractivity contribution >= 4 is 38.6 Å². The van der Waals surface area contributed by atoms with Gasteiger partial charge < -0.3 is 9.64 Å². The van der Waals surface area contributed by atoms with Crippen LogP contribution in [0.25, 0.3) is 0 Å². The first-order valence-corrected chi connectivity index (χ1v) is 12.1. The number of carbonyl (C=O) groups is 3. The van der Waals surface area contributed by atoms with Crippen LogP contribution in [0.2, 0.25) is 0 Å². The SMILES string of the molecule is CC(C)(C)OC(=O)NS(=O)(=O)NCCONC(=O)[C@@H]1CC[C@@H]2CN1C(=O)N2OS(=O)(=O)O. The summed E-state index contributed by atoms with van der Waals surface area (Å²) in [5.41, 5.74) is 1.18. The molecular weight excluding hydrogens is 478 g/mol. The second kappa shape index (κ2) is 9.71. The van der Waals surface area contributed by atoms with Gasteiger partial charge in [0, 0.05) is 13.1 Å². The summed E-state index contributed by atoms with van der Waals surface area (Å²) < 4.78 is 66.7. The Morgan fingerprint density at radius 1 is 1.19 bits per heavy atom. The number of nitrogens with zero attached hydrogens (tertiary/aromatic N) is 2. The summed E-state index contributed by atoms with van der Waals surface area (Å²) in [7, 11) is -9.12. The van der Waals surface area contributed by atoms with Gasteiger partial charge in [0.05, 0.1) is 12.6 Å². The first kappa shape index (κ1) is 26.0. The third-order valence-corrected chi connectivity index (χ3v) is 5.45. The third-order valence-electron chi connectivity index (χ3n) is 4.09. The standard InChI is InChI=1S/C14H25N5O11S2/c1-14(2,3)29-12(21)17-31(23,24)15-6-7-28-16-11(20)10-5-4-9-8-18(10)13(22)19(9)30-32(25,26)27/h9-10,15H,4-8H2,1-3H3,(H,16,20)(H,17,21)(H,25,26,27)/t9-,10+/m1/s1. The molecule has 16 nitrogen and oxygen atoms in total. The van der Waals surface area contributed by atoms with Gasteiger partial charge in [-0.05, 0) is 33.6 Å². The number of nitrogens with one attached hydrogen (secondary N) is 3. The van der Waals surface area contributed by atoms with E-state index in [9.17, 15) is 31.2 Å². The Balaban J connectivity index is 1.75. The Hall–Kier alpha value is -2.25. The molecule has 2 rings (SSSR count). The molecule has 2 atom stereocenters. The van der Waals surface area contributed by atoms with E-state index in [1.807, 2.05) is 4.72 Å². The minimum atomic E-state index is -4.90. The molecule has 2 bridgehead atoms. The molecule has 0 aromatic carbocycles. The number of hydrogen-bond donors (Lipinski definition) is 4. The second-order valence-corrected chi connectivity index (χ2v) is 10.3. The van der Waals surface area contributed by atoms with Gasteiger partial charge in [0.2, 0.25) is 0 Å². The Morgan fingerprint density at radius 3 is 2.44 bits per heavy atom. The van der Waals surface area contributed by atoms with E-state index in [4.69, 9.17) is 14.1 Å². The average molecular weight is 504 g/mol. The minimum absolute atomic E-state index is 0.00255. The number of fused-ring (bicyclic) bond motifs is 2. The lowest BCUT2D eigenvalue weighted by atomic mass is 10.0. The van der Waals surface area contributed by atoms with E-state index in [0.29, 0.717) is 5.06 Å². The Kier molecular flexibility index (Phi) is 7.89. The number of amides is 4. The first-order chi connectivity index (χ1) is 14.6. The van der Waals surface area contributed by atoms with Gasteiger partial charge in [-0.15, -0.1) is 4.28 Å². The zero-order valence-electron chi connectivity index (χ0n) is 17.4. The fourth-order valence-corrected chi connectivity index (χ4v) is 4.04. The zero-order valence-corrected chi connectivity index (χ0v) is 19.1. The molecule has 0 aliphatic carbocycles. The smallest absolute Gasteiger partial charge is 0.422 e. The first-order valence-electron chi connectivity index (χ1n) is 9.27. The van der Waals surface area contributed by atoms with E-state index >= 15 is 0 Å². The molecule has 0 saturated carbocycles. The third kappa shape index (κ3) is 7.71. The largest absolute Gasteiger partial charge is 0.443 e. The average Bonchev–Trinajstić information content (AvgIpc) is 2.82. The molecule has 2 saturated heterocycles. The van der Waals surface area contributed by atoms with Crippen molar-refractivity contribution in [3.63, 3.8) is 0 Å². The molecule has 0 unspecified atom stereocenters. The van der Waals surface area contributed by atoms with Crippen molar-refractivity contribution in [2.45, 2.75) is 51.3 Å². The number of hydroxylamine groups is 3. The summed E-state index contributed by atoms with van der Waals surface area (Å²) in [6.07, 6.45) is -0.771. The van der Waals surface area contributed by atoms with Crippen molar-refractivity contribution in [2.75, 3.05) is 19.7 Å². The summed E-state index contributed by atoms with van der Waals surface area (Å²) >= 11 is 0. The molecule has 2 fully saturated rings. The van der Waals surface area contributed by atoms with Crippen molar-refractivity contribution in [3.8, 4) is 0 Å². The van der Waals surface area contributed by atoms with Crippen LogP contribution in [0.1, 0.15) is 33.6 Å². The number of hydrogen-bond acceptors (Lipinski definition) is 10. The van der Waals surface area contributed by atoms with Crippen molar-refractivity contribution in [1.29, 1.82) is 0 Å². The molecule has 2 aliphatic rings. The van der Waals surface area contributed by atoms with Gasteiger partial charge in [0.15, 0.2) is 0 Å². The Morgan fingerprint density at radius 2 is 1.84 bits per heavy atom. The molecule has 2 heterocycles. The van der Waals surface area contributed by atoms with E-state index in [1.165, 1.54) is 0 Å². The summed E-state index contributed by atoms with van der Waals surface area (Å²) in [6.45, 7) is 4.05. The molecule has 2 aliphatic heterocycles. The lowest BCUT2D eigenvalue weighted by molar-refractivity contribution is -0.138. The van der Waals surface area contributed by atoms with Gasteiger partial charge in [-0.25, -0.2) is 19.8 Å². The maximum atomic E-state index is 12.3. The predicted molar refractivity (Wildman–Crippen MR) is 104 cm³/mol. The summed E-state index contributed by atoms with van der Waals surface area (Å²) in [6, 6.07) is -2.55. The van der Waals surface area contributed by atoms with Gasteiger partial charge >= 0.3 is 32.7 Å². The molecule has 18 heteroatoms. The Labute approximate surface area is 184 Å². The van der Waals surface area contributed by atoms with E-state index < -0.39 is 56.3 Å². The lowest BCUT2D eigenvalue weighted by Gasteiger charge is -2.28. The van der Waals surface area contributed by atoms with Crippen LogP contribution in [0, 0.1) is 0 Å². The monoisotopic (exact) mass is 503 g/mol. The molecule has 0 aromatic rings. The van der Waals surface area contributed by atoms with Gasteiger partial charge in [0.1, 0.15) is 11.6 Å². The second-order valence-electron chi connectivity index (χ2n) is 7.83. The van der Waals surface area contributed by atoms with Gasteiger partial charge in [-0.2, -0.15) is 26.6 Å². The molecule has 4 N–H and O–H groups in total. The molecule has 0 spiro atoms. The predicted octanol–water partition coefficient (Wildman–Crippen LogP) is -1.60. The maximum Gasteiger partial charge on any atom is 0.422 e.